The van der Waals surface area contributed by atoms with Gasteiger partial charge in [-0.2, -0.15) is 0 Å². The Labute approximate surface area is 120 Å². The molecule has 0 aromatic heterocycles. The van der Waals surface area contributed by atoms with Crippen molar-refractivity contribution < 1.29 is 9.16 Å². The lowest BCUT2D eigenvalue weighted by Gasteiger charge is -2.36. The quantitative estimate of drug-likeness (QED) is 0.725. The largest absolute Gasteiger partial charge is 0.496 e. The van der Waals surface area contributed by atoms with Crippen LogP contribution in [0.2, 0.25) is 18.1 Å². The van der Waals surface area contributed by atoms with Crippen LogP contribution in [0.15, 0.2) is 22.7 Å². The molecular formula is C14H23BrO2Si. The molecule has 0 N–H and O–H groups in total. The number of hydrogen-bond donors (Lipinski definition) is 0. The van der Waals surface area contributed by atoms with Gasteiger partial charge in [-0.15, -0.1) is 0 Å². The zero-order valence-electron chi connectivity index (χ0n) is 12.1. The predicted octanol–water partition coefficient (Wildman–Crippen LogP) is 4.98. The monoisotopic (exact) mass is 330 g/mol. The molecule has 0 heterocycles. The van der Waals surface area contributed by atoms with Gasteiger partial charge in [0, 0.05) is 0 Å². The van der Waals surface area contributed by atoms with Crippen molar-refractivity contribution >= 4 is 24.2 Å². The maximum absolute atomic E-state index is 6.19. The Kier molecular flexibility index (Phi) is 5.03. The van der Waals surface area contributed by atoms with Crippen molar-refractivity contribution in [2.75, 3.05) is 7.11 Å². The van der Waals surface area contributed by atoms with Crippen LogP contribution < -0.4 is 4.74 Å². The van der Waals surface area contributed by atoms with E-state index in [1.807, 2.05) is 12.1 Å². The molecule has 0 aliphatic carbocycles. The number of hydrogen-bond acceptors (Lipinski definition) is 2. The second-order valence-corrected chi connectivity index (χ2v) is 11.7. The highest BCUT2D eigenvalue weighted by molar-refractivity contribution is 9.10. The van der Waals surface area contributed by atoms with Crippen molar-refractivity contribution in [1.82, 2.24) is 0 Å². The third kappa shape index (κ3) is 3.83. The fourth-order valence-corrected chi connectivity index (χ4v) is 2.64. The second-order valence-electron chi connectivity index (χ2n) is 6.02. The molecule has 102 valence electrons. The van der Waals surface area contributed by atoms with Crippen molar-refractivity contribution in [3.63, 3.8) is 0 Å². The molecule has 0 bridgehead atoms. The Morgan fingerprint density at radius 3 is 2.33 bits per heavy atom. The maximum Gasteiger partial charge on any atom is 0.192 e. The average molecular weight is 331 g/mol. The lowest BCUT2D eigenvalue weighted by atomic mass is 10.2. The van der Waals surface area contributed by atoms with Crippen molar-refractivity contribution in [2.24, 2.45) is 0 Å². The van der Waals surface area contributed by atoms with Crippen molar-refractivity contribution in [1.29, 1.82) is 0 Å². The fourth-order valence-electron chi connectivity index (χ4n) is 1.27. The second kappa shape index (κ2) is 5.76. The minimum Gasteiger partial charge on any atom is -0.496 e. The van der Waals surface area contributed by atoms with Crippen LogP contribution in [0.5, 0.6) is 5.75 Å². The highest BCUT2D eigenvalue weighted by Gasteiger charge is 2.36. The number of benzene rings is 1. The molecule has 1 rings (SSSR count). The molecule has 0 spiro atoms. The van der Waals surface area contributed by atoms with Gasteiger partial charge >= 0.3 is 0 Å². The van der Waals surface area contributed by atoms with E-state index in [1.165, 1.54) is 0 Å². The summed E-state index contributed by atoms with van der Waals surface area (Å²) in [6.07, 6.45) is 0. The smallest absolute Gasteiger partial charge is 0.192 e. The minimum absolute atomic E-state index is 0.243. The molecule has 18 heavy (non-hydrogen) atoms. The number of halogens is 1. The summed E-state index contributed by atoms with van der Waals surface area (Å²) in [5.74, 6) is 0.853. The van der Waals surface area contributed by atoms with Gasteiger partial charge < -0.3 is 9.16 Å². The normalized spacial score (nSPS) is 12.6. The lowest BCUT2D eigenvalue weighted by molar-refractivity contribution is 0.275. The summed E-state index contributed by atoms with van der Waals surface area (Å²) in [7, 11) is -0.00226. The molecule has 0 amide bonds. The molecule has 2 nitrogen and oxygen atoms in total. The number of ether oxygens (including phenoxy) is 1. The Bertz CT molecular complexity index is 411. The van der Waals surface area contributed by atoms with Gasteiger partial charge in [-0.05, 0) is 51.8 Å². The average Bonchev–Trinajstić information content (AvgIpc) is 2.26. The predicted molar refractivity (Wildman–Crippen MR) is 82.7 cm³/mol. The van der Waals surface area contributed by atoms with Crippen LogP contribution in [0.4, 0.5) is 0 Å². The Balaban J connectivity index is 2.75. The summed E-state index contributed by atoms with van der Waals surface area (Å²) < 4.78 is 12.5. The van der Waals surface area contributed by atoms with Gasteiger partial charge in [0.25, 0.3) is 0 Å². The first kappa shape index (κ1) is 15.7. The first-order valence-electron chi connectivity index (χ1n) is 6.14. The molecule has 0 aliphatic heterocycles. The van der Waals surface area contributed by atoms with Gasteiger partial charge in [0.15, 0.2) is 8.32 Å². The topological polar surface area (TPSA) is 18.5 Å². The van der Waals surface area contributed by atoms with E-state index in [0.717, 1.165) is 15.8 Å². The minimum atomic E-state index is -1.68. The van der Waals surface area contributed by atoms with Gasteiger partial charge in [-0.1, -0.05) is 26.8 Å². The Morgan fingerprint density at radius 1 is 1.22 bits per heavy atom. The highest BCUT2D eigenvalue weighted by Crippen LogP contribution is 2.37. The Morgan fingerprint density at radius 2 is 1.83 bits per heavy atom. The summed E-state index contributed by atoms with van der Waals surface area (Å²) in [5, 5.41) is 0.243. The van der Waals surface area contributed by atoms with E-state index in [9.17, 15) is 0 Å². The zero-order valence-corrected chi connectivity index (χ0v) is 14.7. The summed E-state index contributed by atoms with van der Waals surface area (Å²) in [4.78, 5) is 0. The summed E-state index contributed by atoms with van der Waals surface area (Å²) in [6.45, 7) is 11.9. The molecule has 0 radical (unpaired) electrons. The standard InChI is InChI=1S/C14H23BrO2Si/c1-14(2,3)18(5,6)17-10-11-7-8-12(15)13(9-11)16-4/h7-9H,10H2,1-6H3. The van der Waals surface area contributed by atoms with E-state index in [1.54, 1.807) is 7.11 Å². The molecule has 0 unspecified atom stereocenters. The highest BCUT2D eigenvalue weighted by atomic mass is 79.9. The SMILES string of the molecule is COc1cc(CO[Si](C)(C)C(C)(C)C)ccc1Br. The molecule has 0 saturated carbocycles. The Hall–Kier alpha value is -0.323. The first-order valence-corrected chi connectivity index (χ1v) is 9.84. The van der Waals surface area contributed by atoms with Crippen LogP contribution in [0, 0.1) is 0 Å². The van der Waals surface area contributed by atoms with E-state index in [4.69, 9.17) is 9.16 Å². The van der Waals surface area contributed by atoms with Gasteiger partial charge in [0.05, 0.1) is 18.2 Å². The number of methoxy groups -OCH3 is 1. The molecule has 0 fully saturated rings. The van der Waals surface area contributed by atoms with Crippen molar-refractivity contribution in [3.8, 4) is 5.75 Å². The van der Waals surface area contributed by atoms with Crippen molar-refractivity contribution in [2.45, 2.75) is 45.5 Å². The van der Waals surface area contributed by atoms with Crippen LogP contribution in [0.3, 0.4) is 0 Å². The van der Waals surface area contributed by atoms with E-state index in [2.05, 4.69) is 55.9 Å². The molecule has 4 heteroatoms. The first-order chi connectivity index (χ1) is 8.17. The van der Waals surface area contributed by atoms with Crippen molar-refractivity contribution in [3.05, 3.63) is 28.2 Å². The molecule has 1 aromatic rings. The van der Waals surface area contributed by atoms with E-state index >= 15 is 0 Å². The zero-order chi connectivity index (χ0) is 14.0. The third-order valence-electron chi connectivity index (χ3n) is 3.62. The van der Waals surface area contributed by atoms with Crippen LogP contribution in [0.25, 0.3) is 0 Å². The van der Waals surface area contributed by atoms with Gasteiger partial charge in [-0.25, -0.2) is 0 Å². The van der Waals surface area contributed by atoms with Gasteiger partial charge in [0.2, 0.25) is 0 Å². The summed E-state index contributed by atoms with van der Waals surface area (Å²) >= 11 is 3.46. The van der Waals surface area contributed by atoms with Gasteiger partial charge in [0.1, 0.15) is 5.75 Å². The fraction of sp³-hybridized carbons (Fsp3) is 0.571. The third-order valence-corrected chi connectivity index (χ3v) is 8.75. The summed E-state index contributed by atoms with van der Waals surface area (Å²) in [5.41, 5.74) is 1.15. The maximum atomic E-state index is 6.19. The van der Waals surface area contributed by atoms with Crippen LogP contribution >= 0.6 is 15.9 Å². The molecule has 0 saturated heterocycles. The molecule has 0 atom stereocenters. The lowest BCUT2D eigenvalue weighted by Crippen LogP contribution is -2.40. The van der Waals surface area contributed by atoms with Crippen LogP contribution in [-0.2, 0) is 11.0 Å². The van der Waals surface area contributed by atoms with E-state index in [0.29, 0.717) is 6.61 Å². The molecule has 1 aromatic carbocycles. The van der Waals surface area contributed by atoms with Gasteiger partial charge in [-0.3, -0.25) is 0 Å². The van der Waals surface area contributed by atoms with E-state index < -0.39 is 8.32 Å². The van der Waals surface area contributed by atoms with Crippen LogP contribution in [0.1, 0.15) is 26.3 Å². The molecular weight excluding hydrogens is 308 g/mol. The van der Waals surface area contributed by atoms with Crippen LogP contribution in [-0.4, -0.2) is 15.4 Å². The van der Waals surface area contributed by atoms with E-state index in [-0.39, 0.29) is 5.04 Å². The number of rotatable bonds is 4. The molecule has 0 aliphatic rings. The summed E-state index contributed by atoms with van der Waals surface area (Å²) in [6, 6.07) is 6.10.